The van der Waals surface area contributed by atoms with Crippen LogP contribution in [0.4, 0.5) is 52.7 Å². The van der Waals surface area contributed by atoms with Crippen molar-refractivity contribution in [3.8, 4) is 0 Å². The molecule has 0 unspecified atom stereocenters. The van der Waals surface area contributed by atoms with E-state index < -0.39 is 60.8 Å². The first-order valence-electron chi connectivity index (χ1n) is 5.10. The third-order valence-corrected chi connectivity index (χ3v) is 15.4. The average molecular weight is 451 g/mol. The van der Waals surface area contributed by atoms with Gasteiger partial charge in [0, 0.05) is 0 Å². The van der Waals surface area contributed by atoms with Crippen LogP contribution in [0.1, 0.15) is 0 Å². The Morgan fingerprint density at radius 3 is 0.619 bits per heavy atom. The van der Waals surface area contributed by atoms with Crippen molar-refractivity contribution >= 4 is 18.4 Å². The number of alkyl halides is 12. The van der Waals surface area contributed by atoms with Crippen LogP contribution in [-0.2, 0) is 0 Å². The van der Waals surface area contributed by atoms with E-state index in [0.717, 1.165) is 0 Å². The molecule has 0 aromatic rings. The SMILES string of the molecule is FC(F)(F)[CH2][Sn]([CH2]C(F)(F)F)([CH2]C(F)(F)F)[CH2]C(F)(F)F. The molecule has 0 saturated carbocycles. The summed E-state index contributed by atoms with van der Waals surface area (Å²) in [4.78, 5) is 0. The van der Waals surface area contributed by atoms with Crippen molar-refractivity contribution in [3.05, 3.63) is 0 Å². The van der Waals surface area contributed by atoms with E-state index in [1.54, 1.807) is 0 Å². The van der Waals surface area contributed by atoms with Crippen molar-refractivity contribution in [2.45, 2.75) is 42.5 Å². The number of halogens is 12. The molecule has 0 fully saturated rings. The van der Waals surface area contributed by atoms with Crippen LogP contribution >= 0.6 is 0 Å². The van der Waals surface area contributed by atoms with E-state index in [1.165, 1.54) is 0 Å². The Kier molecular flexibility index (Phi) is 6.21. The molecule has 0 nitrogen and oxygen atoms in total. The predicted octanol–water partition coefficient (Wildman–Crippen LogP) is 5.68. The van der Waals surface area contributed by atoms with Crippen LogP contribution in [0.25, 0.3) is 0 Å². The van der Waals surface area contributed by atoms with Crippen molar-refractivity contribution in [1.82, 2.24) is 0 Å². The Labute approximate surface area is 114 Å². The van der Waals surface area contributed by atoms with Crippen LogP contribution in [-0.4, -0.2) is 43.1 Å². The normalized spacial score (nSPS) is 15.4. The molecule has 0 amide bonds. The van der Waals surface area contributed by atoms with Gasteiger partial charge in [-0.3, -0.25) is 0 Å². The van der Waals surface area contributed by atoms with Gasteiger partial charge in [0.05, 0.1) is 0 Å². The van der Waals surface area contributed by atoms with Gasteiger partial charge in [-0.2, -0.15) is 0 Å². The topological polar surface area (TPSA) is 0 Å². The van der Waals surface area contributed by atoms with Crippen molar-refractivity contribution in [1.29, 1.82) is 0 Å². The molecule has 0 spiro atoms. The van der Waals surface area contributed by atoms with Gasteiger partial charge in [0.25, 0.3) is 0 Å². The summed E-state index contributed by atoms with van der Waals surface area (Å²) in [5.41, 5.74) is 0. The number of hydrogen-bond donors (Lipinski definition) is 0. The molecule has 0 atom stereocenters. The van der Waals surface area contributed by atoms with Gasteiger partial charge in [-0.1, -0.05) is 0 Å². The van der Waals surface area contributed by atoms with Gasteiger partial charge in [0.1, 0.15) is 0 Å². The summed E-state index contributed by atoms with van der Waals surface area (Å²) < 4.78 is 136. The molecule has 13 heteroatoms. The fraction of sp³-hybridized carbons (Fsp3) is 1.00. The molecule has 21 heavy (non-hydrogen) atoms. The molecular weight excluding hydrogens is 443 g/mol. The van der Waals surface area contributed by atoms with E-state index in [9.17, 15) is 52.7 Å². The van der Waals surface area contributed by atoms with Crippen molar-refractivity contribution in [2.75, 3.05) is 0 Å². The Morgan fingerprint density at radius 1 is 0.381 bits per heavy atom. The van der Waals surface area contributed by atoms with E-state index in [0.29, 0.717) is 0 Å². The zero-order chi connectivity index (χ0) is 17.3. The molecule has 0 aliphatic rings. The summed E-state index contributed by atoms with van der Waals surface area (Å²) in [5.74, 6) is 0. The predicted molar refractivity (Wildman–Crippen MR) is 49.2 cm³/mol. The Morgan fingerprint density at radius 2 is 0.524 bits per heavy atom. The first-order chi connectivity index (χ1) is 8.83. The summed E-state index contributed by atoms with van der Waals surface area (Å²) in [6, 6.07) is 0. The molecule has 128 valence electrons. The van der Waals surface area contributed by atoms with Crippen LogP contribution < -0.4 is 0 Å². The summed E-state index contributed by atoms with van der Waals surface area (Å²) in [7, 11) is 0. The van der Waals surface area contributed by atoms with Crippen LogP contribution in [0.5, 0.6) is 0 Å². The van der Waals surface area contributed by atoms with Gasteiger partial charge in [0.2, 0.25) is 0 Å². The minimum atomic E-state index is -6.75. The molecule has 0 N–H and O–H groups in total. The van der Waals surface area contributed by atoms with Crippen molar-refractivity contribution < 1.29 is 52.7 Å². The Hall–Kier alpha value is -0.0413. The molecule has 0 aliphatic heterocycles. The Balaban J connectivity index is 5.70. The molecule has 0 aromatic heterocycles. The summed E-state index contributed by atoms with van der Waals surface area (Å²) in [6.45, 7) is 0. The molecule has 0 rings (SSSR count). The van der Waals surface area contributed by atoms with Gasteiger partial charge >= 0.3 is 114 Å². The van der Waals surface area contributed by atoms with E-state index >= 15 is 0 Å². The molecule has 0 heterocycles. The molecule has 0 bridgehead atoms. The molecular formula is C8H8F12Sn. The fourth-order valence-electron chi connectivity index (χ4n) is 2.08. The maximum absolute atomic E-state index is 12.2. The van der Waals surface area contributed by atoms with E-state index in [1.807, 2.05) is 0 Å². The Bertz CT molecular complexity index is 262. The maximum atomic E-state index is 12.2. The van der Waals surface area contributed by atoms with Gasteiger partial charge in [0.15, 0.2) is 0 Å². The number of rotatable bonds is 4. The summed E-state index contributed by atoms with van der Waals surface area (Å²) in [6.07, 6.45) is -22.1. The molecule has 0 radical (unpaired) electrons. The van der Waals surface area contributed by atoms with E-state index in [4.69, 9.17) is 0 Å². The average Bonchev–Trinajstić information content (AvgIpc) is 1.83. The fourth-order valence-corrected chi connectivity index (χ4v) is 13.9. The van der Waals surface area contributed by atoms with E-state index in [-0.39, 0.29) is 0 Å². The molecule has 0 aliphatic carbocycles. The minimum absolute atomic E-state index is 2.62. The summed E-state index contributed by atoms with van der Waals surface area (Å²) in [5, 5.41) is 0. The van der Waals surface area contributed by atoms with Crippen molar-refractivity contribution in [3.63, 3.8) is 0 Å². The molecule has 0 saturated heterocycles. The monoisotopic (exact) mass is 452 g/mol. The third kappa shape index (κ3) is 11.2. The van der Waals surface area contributed by atoms with Crippen LogP contribution in [0, 0.1) is 0 Å². The van der Waals surface area contributed by atoms with Crippen LogP contribution in [0.3, 0.4) is 0 Å². The quantitative estimate of drug-likeness (QED) is 0.381. The van der Waals surface area contributed by atoms with Crippen LogP contribution in [0.2, 0.25) is 17.7 Å². The molecule has 0 aromatic carbocycles. The first-order valence-corrected chi connectivity index (χ1v) is 13.2. The first kappa shape index (κ1) is 21.0. The van der Waals surface area contributed by atoms with Crippen molar-refractivity contribution in [2.24, 2.45) is 0 Å². The standard InChI is InChI=1S/4C2H2F3.Sn/c4*1-2(3,4)5;/h4*1H2;. The van der Waals surface area contributed by atoms with Crippen LogP contribution in [0.15, 0.2) is 0 Å². The third-order valence-electron chi connectivity index (χ3n) is 2.30. The second-order valence-corrected chi connectivity index (χ2v) is 17.3. The van der Waals surface area contributed by atoms with Gasteiger partial charge in [-0.15, -0.1) is 0 Å². The van der Waals surface area contributed by atoms with Gasteiger partial charge < -0.3 is 0 Å². The van der Waals surface area contributed by atoms with E-state index in [2.05, 4.69) is 0 Å². The second kappa shape index (κ2) is 6.22. The zero-order valence-corrected chi connectivity index (χ0v) is 12.7. The second-order valence-electron chi connectivity index (χ2n) is 4.67. The summed E-state index contributed by atoms with van der Waals surface area (Å²) >= 11 is -6.75. The zero-order valence-electron chi connectivity index (χ0n) is 9.86. The van der Waals surface area contributed by atoms with Gasteiger partial charge in [-0.25, -0.2) is 0 Å². The number of hydrogen-bond acceptors (Lipinski definition) is 0. The van der Waals surface area contributed by atoms with Gasteiger partial charge in [-0.05, 0) is 0 Å².